The van der Waals surface area contributed by atoms with Gasteiger partial charge in [-0.1, -0.05) is 64.4 Å². The predicted molar refractivity (Wildman–Crippen MR) is 115 cm³/mol. The normalized spacial score (nSPS) is 31.8. The molecule has 2 aliphatic carbocycles. The summed E-state index contributed by atoms with van der Waals surface area (Å²) in [7, 11) is 1.89. The second kappa shape index (κ2) is 12.6. The lowest BCUT2D eigenvalue weighted by Gasteiger charge is -2.43. The first kappa shape index (κ1) is 22.5. The molecule has 0 amide bonds. The van der Waals surface area contributed by atoms with Crippen LogP contribution in [0.15, 0.2) is 12.2 Å². The summed E-state index contributed by atoms with van der Waals surface area (Å²) in [6.45, 7) is 2.30. The molecule has 2 saturated carbocycles. The molecule has 2 heteroatoms. The highest BCUT2D eigenvalue weighted by Gasteiger charge is 2.38. The molecule has 0 aromatic rings. The van der Waals surface area contributed by atoms with Crippen LogP contribution in [-0.4, -0.2) is 12.7 Å². The van der Waals surface area contributed by atoms with Gasteiger partial charge in [-0.3, -0.25) is 0 Å². The van der Waals surface area contributed by atoms with E-state index < -0.39 is 0 Å². The molecule has 0 saturated heterocycles. The van der Waals surface area contributed by atoms with Gasteiger partial charge in [0.15, 0.2) is 0 Å². The lowest BCUT2D eigenvalue weighted by Crippen LogP contribution is -2.38. The number of unbranched alkanes of at least 4 members (excludes halogenated alkanes) is 4. The van der Waals surface area contributed by atoms with E-state index in [9.17, 15) is 0 Å². The third-order valence-electron chi connectivity index (χ3n) is 7.61. The summed E-state index contributed by atoms with van der Waals surface area (Å²) in [5.41, 5.74) is 0.0754. The van der Waals surface area contributed by atoms with Crippen LogP contribution in [0.4, 0.5) is 0 Å². The van der Waals surface area contributed by atoms with Crippen LogP contribution in [0, 0.1) is 29.1 Å². The van der Waals surface area contributed by atoms with Gasteiger partial charge in [-0.2, -0.15) is 5.26 Å². The summed E-state index contributed by atoms with van der Waals surface area (Å²) >= 11 is 0. The van der Waals surface area contributed by atoms with Crippen molar-refractivity contribution < 1.29 is 4.74 Å². The Morgan fingerprint density at radius 3 is 2.26 bits per heavy atom. The molecule has 2 aliphatic rings. The first-order valence-electron chi connectivity index (χ1n) is 11.8. The van der Waals surface area contributed by atoms with Gasteiger partial charge in [0.1, 0.15) is 0 Å². The second-order valence-electron chi connectivity index (χ2n) is 9.28. The zero-order chi connectivity index (χ0) is 19.4. The van der Waals surface area contributed by atoms with E-state index in [-0.39, 0.29) is 5.60 Å². The average molecular weight is 374 g/mol. The van der Waals surface area contributed by atoms with Crippen molar-refractivity contribution in [1.29, 1.82) is 5.26 Å². The molecule has 0 radical (unpaired) electrons. The highest BCUT2D eigenvalue weighted by atomic mass is 16.5. The first-order chi connectivity index (χ1) is 13.2. The van der Waals surface area contributed by atoms with Gasteiger partial charge < -0.3 is 4.74 Å². The van der Waals surface area contributed by atoms with Crippen molar-refractivity contribution in [2.45, 2.75) is 115 Å². The summed E-state index contributed by atoms with van der Waals surface area (Å²) in [6, 6.07) is 2.09. The smallest absolute Gasteiger partial charge is 0.0908 e. The Labute approximate surface area is 168 Å². The van der Waals surface area contributed by atoms with Gasteiger partial charge in [-0.25, -0.2) is 0 Å². The van der Waals surface area contributed by atoms with Gasteiger partial charge in [0.2, 0.25) is 0 Å². The molecule has 0 aliphatic heterocycles. The molecule has 0 spiro atoms. The molecule has 2 fully saturated rings. The number of ether oxygens (including phenoxy) is 1. The Kier molecular flexibility index (Phi) is 10.5. The van der Waals surface area contributed by atoms with Crippen molar-refractivity contribution in [1.82, 2.24) is 0 Å². The lowest BCUT2D eigenvalue weighted by atomic mass is 9.67. The average Bonchev–Trinajstić information content (AvgIpc) is 2.72. The van der Waals surface area contributed by atoms with E-state index in [1.54, 1.807) is 6.08 Å². The van der Waals surface area contributed by atoms with Gasteiger partial charge in [-0.15, -0.1) is 0 Å². The Hall–Kier alpha value is -0.810. The standard InChI is InChI=1S/C25H43NO/c1-3-4-5-6-8-11-22-12-14-23(15-13-22)24-16-19-25(27-2,20-17-24)18-9-7-10-21-26/h7,10,22-24H,3-6,8-9,11-20H2,1-2H3. The van der Waals surface area contributed by atoms with Crippen LogP contribution in [-0.2, 0) is 4.74 Å². The molecular formula is C25H43NO. The van der Waals surface area contributed by atoms with Crippen molar-refractivity contribution >= 4 is 0 Å². The van der Waals surface area contributed by atoms with E-state index >= 15 is 0 Å². The number of allylic oxidation sites excluding steroid dienone is 2. The fourth-order valence-electron chi connectivity index (χ4n) is 5.66. The molecular weight excluding hydrogens is 330 g/mol. The minimum absolute atomic E-state index is 0.0754. The monoisotopic (exact) mass is 373 g/mol. The van der Waals surface area contributed by atoms with Crippen LogP contribution in [0.2, 0.25) is 0 Å². The van der Waals surface area contributed by atoms with Gasteiger partial charge in [0.25, 0.3) is 0 Å². The van der Waals surface area contributed by atoms with Crippen LogP contribution >= 0.6 is 0 Å². The predicted octanol–water partition coefficient (Wildman–Crippen LogP) is 7.59. The van der Waals surface area contributed by atoms with Crippen LogP contribution in [0.1, 0.15) is 110 Å². The van der Waals surface area contributed by atoms with Crippen molar-refractivity contribution in [2.75, 3.05) is 7.11 Å². The van der Waals surface area contributed by atoms with E-state index in [1.165, 1.54) is 89.9 Å². The van der Waals surface area contributed by atoms with Gasteiger partial charge in [0, 0.05) is 13.2 Å². The van der Waals surface area contributed by atoms with E-state index in [1.807, 2.05) is 13.2 Å². The summed E-state index contributed by atoms with van der Waals surface area (Å²) < 4.78 is 5.97. The molecule has 0 atom stereocenters. The van der Waals surface area contributed by atoms with Gasteiger partial charge >= 0.3 is 0 Å². The van der Waals surface area contributed by atoms with E-state index in [4.69, 9.17) is 10.00 Å². The first-order valence-corrected chi connectivity index (χ1v) is 11.8. The summed E-state index contributed by atoms with van der Waals surface area (Å²) in [6.07, 6.45) is 25.3. The number of methoxy groups -OCH3 is 1. The highest BCUT2D eigenvalue weighted by Crippen LogP contribution is 2.45. The number of rotatable bonds is 11. The Morgan fingerprint density at radius 1 is 0.963 bits per heavy atom. The molecule has 2 nitrogen and oxygen atoms in total. The highest BCUT2D eigenvalue weighted by molar-refractivity contribution is 5.02. The maximum Gasteiger partial charge on any atom is 0.0908 e. The largest absolute Gasteiger partial charge is 0.378 e. The molecule has 0 bridgehead atoms. The third kappa shape index (κ3) is 7.61. The van der Waals surface area contributed by atoms with Crippen molar-refractivity contribution in [2.24, 2.45) is 17.8 Å². The summed E-state index contributed by atoms with van der Waals surface area (Å²) in [5, 5.41) is 8.64. The van der Waals surface area contributed by atoms with Crippen molar-refractivity contribution in [3.05, 3.63) is 12.2 Å². The summed E-state index contributed by atoms with van der Waals surface area (Å²) in [4.78, 5) is 0. The summed E-state index contributed by atoms with van der Waals surface area (Å²) in [5.74, 6) is 2.94. The van der Waals surface area contributed by atoms with E-state index in [0.717, 1.165) is 30.6 Å². The molecule has 0 unspecified atom stereocenters. The molecule has 0 aromatic carbocycles. The van der Waals surface area contributed by atoms with E-state index in [2.05, 4.69) is 13.0 Å². The molecule has 154 valence electrons. The quantitative estimate of drug-likeness (QED) is 0.276. The maximum absolute atomic E-state index is 8.64. The topological polar surface area (TPSA) is 33.0 Å². The number of hydrogen-bond acceptors (Lipinski definition) is 2. The Morgan fingerprint density at radius 2 is 1.63 bits per heavy atom. The SMILES string of the molecule is CCCCCCCC1CCC(C2CCC(CCC=CC#N)(OC)CC2)CC1. The minimum Gasteiger partial charge on any atom is -0.378 e. The Bertz CT molecular complexity index is 447. The van der Waals surface area contributed by atoms with Crippen LogP contribution in [0.3, 0.4) is 0 Å². The molecule has 2 rings (SSSR count). The van der Waals surface area contributed by atoms with E-state index in [0.29, 0.717) is 0 Å². The van der Waals surface area contributed by atoms with Crippen LogP contribution < -0.4 is 0 Å². The zero-order valence-corrected chi connectivity index (χ0v) is 18.1. The van der Waals surface area contributed by atoms with Crippen LogP contribution in [0.25, 0.3) is 0 Å². The van der Waals surface area contributed by atoms with Gasteiger partial charge in [-0.05, 0) is 69.1 Å². The second-order valence-corrected chi connectivity index (χ2v) is 9.28. The molecule has 27 heavy (non-hydrogen) atoms. The minimum atomic E-state index is 0.0754. The Balaban J connectivity index is 1.65. The van der Waals surface area contributed by atoms with Crippen molar-refractivity contribution in [3.8, 4) is 6.07 Å². The number of hydrogen-bond donors (Lipinski definition) is 0. The fourth-order valence-corrected chi connectivity index (χ4v) is 5.66. The number of nitrogens with zero attached hydrogens (tertiary/aromatic N) is 1. The fraction of sp³-hybridized carbons (Fsp3) is 0.880. The third-order valence-corrected chi connectivity index (χ3v) is 7.61. The molecule has 0 aromatic heterocycles. The zero-order valence-electron chi connectivity index (χ0n) is 18.1. The lowest BCUT2D eigenvalue weighted by molar-refractivity contribution is -0.0618. The van der Waals surface area contributed by atoms with Crippen molar-refractivity contribution in [3.63, 3.8) is 0 Å². The van der Waals surface area contributed by atoms with Gasteiger partial charge in [0.05, 0.1) is 11.7 Å². The van der Waals surface area contributed by atoms with Crippen LogP contribution in [0.5, 0.6) is 0 Å². The maximum atomic E-state index is 8.64. The molecule has 0 N–H and O–H groups in total. The number of nitriles is 1. The molecule has 0 heterocycles.